The van der Waals surface area contributed by atoms with E-state index in [1.807, 2.05) is 26.0 Å². The first-order chi connectivity index (χ1) is 8.63. The van der Waals surface area contributed by atoms with Gasteiger partial charge in [-0.1, -0.05) is 87.1 Å². The average molecular weight is 242 g/mol. The second-order valence-corrected chi connectivity index (χ2v) is 5.23. The zero-order valence-electron chi connectivity index (χ0n) is 12.0. The smallest absolute Gasteiger partial charge is 0.0158 e. The second-order valence-electron chi connectivity index (χ2n) is 5.23. The highest BCUT2D eigenvalue weighted by Crippen LogP contribution is 2.22. The largest absolute Gasteiger partial charge is 0.0955 e. The molecule has 1 aliphatic rings. The van der Waals surface area contributed by atoms with Crippen LogP contribution in [0.1, 0.15) is 63.5 Å². The van der Waals surface area contributed by atoms with Crippen LogP contribution in [0.25, 0.3) is 11.1 Å². The van der Waals surface area contributed by atoms with Gasteiger partial charge in [0.25, 0.3) is 0 Å². The van der Waals surface area contributed by atoms with Crippen LogP contribution in [-0.4, -0.2) is 0 Å². The molecule has 0 aromatic heterocycles. The van der Waals surface area contributed by atoms with Crippen LogP contribution in [0.3, 0.4) is 0 Å². The van der Waals surface area contributed by atoms with Crippen molar-refractivity contribution in [3.63, 3.8) is 0 Å². The standard InChI is InChI=1S/C12H14.C6H12/c1-9(2)11-7-5-6-8-12(11)10(3)4;1-2-4-6-5-3-1/h5-8H,1,3H2,2,4H3;1-6H2. The first-order valence-electron chi connectivity index (χ1n) is 7.03. The number of allylic oxidation sites excluding steroid dienone is 2. The van der Waals surface area contributed by atoms with Crippen molar-refractivity contribution in [1.29, 1.82) is 0 Å². The molecule has 0 atom stereocenters. The van der Waals surface area contributed by atoms with Gasteiger partial charge < -0.3 is 0 Å². The quantitative estimate of drug-likeness (QED) is 0.588. The molecule has 0 N–H and O–H groups in total. The van der Waals surface area contributed by atoms with Crippen LogP contribution in [0.5, 0.6) is 0 Å². The van der Waals surface area contributed by atoms with Crippen LogP contribution >= 0.6 is 0 Å². The van der Waals surface area contributed by atoms with E-state index in [9.17, 15) is 0 Å². The maximum atomic E-state index is 3.93. The molecule has 0 unspecified atom stereocenters. The molecule has 1 aliphatic carbocycles. The molecule has 18 heavy (non-hydrogen) atoms. The zero-order chi connectivity index (χ0) is 13.4. The molecule has 0 bridgehead atoms. The summed E-state index contributed by atoms with van der Waals surface area (Å²) in [5.41, 5.74) is 4.58. The Labute approximate surface area is 112 Å². The van der Waals surface area contributed by atoms with Crippen molar-refractivity contribution in [3.8, 4) is 0 Å². The van der Waals surface area contributed by atoms with Crippen molar-refractivity contribution in [3.05, 3.63) is 48.6 Å². The maximum absolute atomic E-state index is 3.93. The topological polar surface area (TPSA) is 0 Å². The van der Waals surface area contributed by atoms with Crippen molar-refractivity contribution >= 4 is 11.1 Å². The molecule has 1 aromatic carbocycles. The summed E-state index contributed by atoms with van der Waals surface area (Å²) in [6.07, 6.45) is 9.00. The van der Waals surface area contributed by atoms with Crippen molar-refractivity contribution in [2.75, 3.05) is 0 Å². The van der Waals surface area contributed by atoms with Crippen molar-refractivity contribution in [2.45, 2.75) is 52.4 Å². The van der Waals surface area contributed by atoms with Crippen LogP contribution in [0.2, 0.25) is 0 Å². The Balaban J connectivity index is 0.000000225. The second kappa shape index (κ2) is 7.92. The number of hydrogen-bond acceptors (Lipinski definition) is 0. The Morgan fingerprint density at radius 2 is 1.00 bits per heavy atom. The molecule has 2 rings (SSSR count). The molecule has 0 saturated heterocycles. The monoisotopic (exact) mass is 242 g/mol. The van der Waals surface area contributed by atoms with Gasteiger partial charge in [0.15, 0.2) is 0 Å². The van der Waals surface area contributed by atoms with E-state index < -0.39 is 0 Å². The summed E-state index contributed by atoms with van der Waals surface area (Å²) in [6.45, 7) is 11.9. The van der Waals surface area contributed by atoms with E-state index in [0.29, 0.717) is 0 Å². The van der Waals surface area contributed by atoms with Gasteiger partial charge in [0, 0.05) is 0 Å². The molecule has 0 nitrogen and oxygen atoms in total. The highest BCUT2D eigenvalue weighted by Gasteiger charge is 2.01. The SMILES string of the molecule is C1CCCCC1.C=C(C)c1ccccc1C(=C)C. The molecule has 1 fully saturated rings. The Kier molecular flexibility index (Phi) is 6.49. The molecule has 0 spiro atoms. The highest BCUT2D eigenvalue weighted by atomic mass is 14.1. The summed E-state index contributed by atoms with van der Waals surface area (Å²) in [7, 11) is 0. The van der Waals surface area contributed by atoms with Crippen LogP contribution in [0.15, 0.2) is 37.4 Å². The van der Waals surface area contributed by atoms with Crippen molar-refractivity contribution in [2.24, 2.45) is 0 Å². The fraction of sp³-hybridized carbons (Fsp3) is 0.444. The first kappa shape index (κ1) is 14.8. The lowest BCUT2D eigenvalue weighted by Crippen LogP contribution is -1.86. The first-order valence-corrected chi connectivity index (χ1v) is 7.03. The third-order valence-corrected chi connectivity index (χ3v) is 3.35. The predicted octanol–water partition coefficient (Wildman–Crippen LogP) is 6.09. The van der Waals surface area contributed by atoms with Gasteiger partial charge in [-0.15, -0.1) is 0 Å². The van der Waals surface area contributed by atoms with E-state index in [0.717, 1.165) is 11.1 Å². The molecule has 1 aromatic rings. The Hall–Kier alpha value is -1.30. The minimum absolute atomic E-state index is 1.09. The molecule has 0 aliphatic heterocycles. The molecule has 0 amide bonds. The van der Waals surface area contributed by atoms with Crippen molar-refractivity contribution in [1.82, 2.24) is 0 Å². The summed E-state index contributed by atoms with van der Waals surface area (Å²) in [6, 6.07) is 8.20. The molecule has 98 valence electrons. The van der Waals surface area contributed by atoms with Gasteiger partial charge in [0.05, 0.1) is 0 Å². The summed E-state index contributed by atoms with van der Waals surface area (Å²) >= 11 is 0. The lowest BCUT2D eigenvalue weighted by atomic mass is 9.98. The lowest BCUT2D eigenvalue weighted by Gasteiger charge is -2.07. The van der Waals surface area contributed by atoms with E-state index in [1.54, 1.807) is 0 Å². The van der Waals surface area contributed by atoms with E-state index in [2.05, 4.69) is 25.3 Å². The fourth-order valence-electron chi connectivity index (χ4n) is 2.29. The lowest BCUT2D eigenvalue weighted by molar-refractivity contribution is 0.504. The highest BCUT2D eigenvalue weighted by molar-refractivity contribution is 5.76. The van der Waals surface area contributed by atoms with Gasteiger partial charge in [-0.2, -0.15) is 0 Å². The van der Waals surface area contributed by atoms with E-state index in [-0.39, 0.29) is 0 Å². The molecule has 0 heteroatoms. The summed E-state index contributed by atoms with van der Waals surface area (Å²) < 4.78 is 0. The molecular formula is C18H26. The third kappa shape index (κ3) is 4.91. The van der Waals surface area contributed by atoms with Gasteiger partial charge >= 0.3 is 0 Å². The van der Waals surface area contributed by atoms with Gasteiger partial charge in [-0.3, -0.25) is 0 Å². The van der Waals surface area contributed by atoms with E-state index in [4.69, 9.17) is 0 Å². The van der Waals surface area contributed by atoms with Gasteiger partial charge in [-0.05, 0) is 25.0 Å². The number of rotatable bonds is 2. The fourth-order valence-corrected chi connectivity index (χ4v) is 2.29. The van der Waals surface area contributed by atoms with Gasteiger partial charge in [0.2, 0.25) is 0 Å². The predicted molar refractivity (Wildman–Crippen MR) is 83.6 cm³/mol. The van der Waals surface area contributed by atoms with Crippen LogP contribution in [0, 0.1) is 0 Å². The minimum atomic E-state index is 1.09. The van der Waals surface area contributed by atoms with Gasteiger partial charge in [-0.25, -0.2) is 0 Å². The minimum Gasteiger partial charge on any atom is -0.0955 e. The summed E-state index contributed by atoms with van der Waals surface area (Å²) in [5, 5.41) is 0. The Bertz CT molecular complexity index is 350. The van der Waals surface area contributed by atoms with Crippen molar-refractivity contribution < 1.29 is 0 Å². The molecular weight excluding hydrogens is 216 g/mol. The van der Waals surface area contributed by atoms with Crippen LogP contribution < -0.4 is 0 Å². The number of benzene rings is 1. The van der Waals surface area contributed by atoms with Gasteiger partial charge in [0.1, 0.15) is 0 Å². The Morgan fingerprint density at radius 3 is 1.22 bits per heavy atom. The molecule has 0 radical (unpaired) electrons. The number of hydrogen-bond donors (Lipinski definition) is 0. The molecule has 0 heterocycles. The zero-order valence-corrected chi connectivity index (χ0v) is 12.0. The van der Waals surface area contributed by atoms with E-state index >= 15 is 0 Å². The third-order valence-electron chi connectivity index (χ3n) is 3.35. The maximum Gasteiger partial charge on any atom is -0.0158 e. The van der Waals surface area contributed by atoms with Crippen LogP contribution in [0.4, 0.5) is 0 Å². The Morgan fingerprint density at radius 1 is 0.722 bits per heavy atom. The summed E-state index contributed by atoms with van der Waals surface area (Å²) in [4.78, 5) is 0. The average Bonchev–Trinajstić information content (AvgIpc) is 2.41. The normalized spacial score (nSPS) is 14.3. The van der Waals surface area contributed by atoms with E-state index in [1.165, 1.54) is 49.7 Å². The summed E-state index contributed by atoms with van der Waals surface area (Å²) in [5.74, 6) is 0. The molecule has 1 saturated carbocycles. The van der Waals surface area contributed by atoms with Crippen LogP contribution in [-0.2, 0) is 0 Å².